The summed E-state index contributed by atoms with van der Waals surface area (Å²) in [6, 6.07) is 5.47. The summed E-state index contributed by atoms with van der Waals surface area (Å²) >= 11 is 0. The molecule has 2 nitrogen and oxygen atoms in total. The molecule has 0 aliphatic carbocycles. The van der Waals surface area contributed by atoms with Crippen molar-refractivity contribution in [3.05, 3.63) is 35.4 Å². The Morgan fingerprint density at radius 2 is 1.95 bits per heavy atom. The second-order valence-corrected chi connectivity index (χ2v) is 4.88. The fourth-order valence-corrected chi connectivity index (χ4v) is 2.23. The molecule has 0 radical (unpaired) electrons. The van der Waals surface area contributed by atoms with Gasteiger partial charge in [0.05, 0.1) is 5.56 Å². The third-order valence-corrected chi connectivity index (χ3v) is 3.36. The predicted octanol–water partition coefficient (Wildman–Crippen LogP) is 3.22. The second kappa shape index (κ2) is 6.39. The molecule has 0 unspecified atom stereocenters. The summed E-state index contributed by atoms with van der Waals surface area (Å²) in [5.74, 6) is 0.569. The Balaban J connectivity index is 1.82. The minimum absolute atomic E-state index is 0.473. The van der Waals surface area contributed by atoms with Crippen molar-refractivity contribution < 1.29 is 17.9 Å². The lowest BCUT2D eigenvalue weighted by Crippen LogP contribution is -2.27. The molecule has 0 saturated carbocycles. The van der Waals surface area contributed by atoms with Gasteiger partial charge in [-0.3, -0.25) is 0 Å². The minimum atomic E-state index is -4.27. The van der Waals surface area contributed by atoms with Crippen LogP contribution in [0.4, 0.5) is 13.2 Å². The van der Waals surface area contributed by atoms with Gasteiger partial charge in [0.15, 0.2) is 0 Å². The van der Waals surface area contributed by atoms with E-state index in [-0.39, 0.29) is 0 Å². The molecule has 1 fully saturated rings. The number of nitrogens with one attached hydrogen (secondary N) is 1. The van der Waals surface area contributed by atoms with E-state index in [0.717, 1.165) is 38.7 Å². The Kier molecular flexibility index (Phi) is 4.82. The molecule has 0 atom stereocenters. The number of alkyl halides is 3. The molecule has 1 aromatic carbocycles. The highest BCUT2D eigenvalue weighted by atomic mass is 19.4. The highest BCUT2D eigenvalue weighted by Gasteiger charge is 2.30. The molecular weight excluding hydrogens is 255 g/mol. The lowest BCUT2D eigenvalue weighted by molar-refractivity contribution is -0.137. The van der Waals surface area contributed by atoms with Crippen LogP contribution in [0.1, 0.15) is 24.0 Å². The molecular formula is C14H18F3NO. The molecule has 1 aromatic rings. The van der Waals surface area contributed by atoms with Gasteiger partial charge >= 0.3 is 6.18 Å². The van der Waals surface area contributed by atoms with E-state index in [1.165, 1.54) is 12.1 Å². The van der Waals surface area contributed by atoms with Gasteiger partial charge in [0.1, 0.15) is 0 Å². The van der Waals surface area contributed by atoms with Gasteiger partial charge in [0.2, 0.25) is 0 Å². The maximum atomic E-state index is 12.5. The van der Waals surface area contributed by atoms with Crippen molar-refractivity contribution in [3.63, 3.8) is 0 Å². The highest BCUT2D eigenvalue weighted by Crippen LogP contribution is 2.29. The Labute approximate surface area is 111 Å². The first-order valence-corrected chi connectivity index (χ1v) is 6.50. The smallest absolute Gasteiger partial charge is 0.381 e. The van der Waals surface area contributed by atoms with Crippen molar-refractivity contribution in [2.75, 3.05) is 19.8 Å². The van der Waals surface area contributed by atoms with Crippen LogP contribution in [0.3, 0.4) is 0 Å². The van der Waals surface area contributed by atoms with Gasteiger partial charge in [0, 0.05) is 19.8 Å². The number of hydrogen-bond acceptors (Lipinski definition) is 2. The summed E-state index contributed by atoms with van der Waals surface area (Å²) in [5.41, 5.74) is 0.0831. The normalized spacial score (nSPS) is 17.6. The van der Waals surface area contributed by atoms with Crippen molar-refractivity contribution in [2.24, 2.45) is 5.92 Å². The highest BCUT2D eigenvalue weighted by molar-refractivity contribution is 5.25. The zero-order valence-electron chi connectivity index (χ0n) is 10.7. The first-order chi connectivity index (χ1) is 9.05. The molecule has 19 heavy (non-hydrogen) atoms. The summed E-state index contributed by atoms with van der Waals surface area (Å²) in [6.07, 6.45) is -2.22. The molecule has 106 valence electrons. The fraction of sp³-hybridized carbons (Fsp3) is 0.571. The largest absolute Gasteiger partial charge is 0.416 e. The van der Waals surface area contributed by atoms with Crippen LogP contribution in [-0.2, 0) is 17.5 Å². The Bertz CT molecular complexity index is 400. The quantitative estimate of drug-likeness (QED) is 0.909. The summed E-state index contributed by atoms with van der Waals surface area (Å²) in [4.78, 5) is 0. The molecule has 1 aliphatic rings. The number of benzene rings is 1. The second-order valence-electron chi connectivity index (χ2n) is 4.88. The first kappa shape index (κ1) is 14.3. The Morgan fingerprint density at radius 3 is 2.63 bits per heavy atom. The van der Waals surface area contributed by atoms with Gasteiger partial charge in [0.25, 0.3) is 0 Å². The molecule has 0 spiro atoms. The summed E-state index contributed by atoms with van der Waals surface area (Å²) in [7, 11) is 0. The van der Waals surface area contributed by atoms with E-state index in [2.05, 4.69) is 5.32 Å². The topological polar surface area (TPSA) is 21.3 Å². The molecule has 1 saturated heterocycles. The first-order valence-electron chi connectivity index (χ1n) is 6.50. The number of rotatable bonds is 4. The molecule has 1 N–H and O–H groups in total. The van der Waals surface area contributed by atoms with E-state index < -0.39 is 11.7 Å². The number of ether oxygens (including phenoxy) is 1. The van der Waals surface area contributed by atoms with Crippen LogP contribution in [0.2, 0.25) is 0 Å². The van der Waals surface area contributed by atoms with Gasteiger partial charge in [-0.15, -0.1) is 0 Å². The van der Waals surface area contributed by atoms with Crippen LogP contribution in [0.5, 0.6) is 0 Å². The Morgan fingerprint density at radius 1 is 1.21 bits per heavy atom. The van der Waals surface area contributed by atoms with E-state index in [0.29, 0.717) is 18.0 Å². The molecule has 5 heteroatoms. The van der Waals surface area contributed by atoms with Crippen molar-refractivity contribution >= 4 is 0 Å². The summed E-state index contributed by atoms with van der Waals surface area (Å²) < 4.78 is 42.9. The third kappa shape index (κ3) is 4.51. The van der Waals surface area contributed by atoms with Gasteiger partial charge < -0.3 is 10.1 Å². The number of halogens is 3. The molecule has 0 aromatic heterocycles. The zero-order valence-corrected chi connectivity index (χ0v) is 10.7. The van der Waals surface area contributed by atoms with Crippen LogP contribution in [0, 0.1) is 5.92 Å². The molecule has 1 aliphatic heterocycles. The lowest BCUT2D eigenvalue weighted by Gasteiger charge is -2.22. The van der Waals surface area contributed by atoms with Gasteiger partial charge in [-0.1, -0.05) is 18.2 Å². The van der Waals surface area contributed by atoms with Crippen LogP contribution < -0.4 is 5.32 Å². The molecule has 2 rings (SSSR count). The summed E-state index contributed by atoms with van der Waals surface area (Å²) in [6.45, 7) is 2.88. The van der Waals surface area contributed by atoms with Crippen LogP contribution in [-0.4, -0.2) is 19.8 Å². The monoisotopic (exact) mass is 273 g/mol. The zero-order chi connectivity index (χ0) is 13.7. The maximum absolute atomic E-state index is 12.5. The maximum Gasteiger partial charge on any atom is 0.416 e. The molecule has 0 bridgehead atoms. The van der Waals surface area contributed by atoms with Gasteiger partial charge in [-0.25, -0.2) is 0 Å². The van der Waals surface area contributed by atoms with E-state index in [1.807, 2.05) is 0 Å². The van der Waals surface area contributed by atoms with Crippen LogP contribution in [0.25, 0.3) is 0 Å². The minimum Gasteiger partial charge on any atom is -0.381 e. The Hall–Kier alpha value is -1.07. The van der Waals surface area contributed by atoms with Crippen molar-refractivity contribution in [1.29, 1.82) is 0 Å². The predicted molar refractivity (Wildman–Crippen MR) is 66.7 cm³/mol. The average molecular weight is 273 g/mol. The summed E-state index contributed by atoms with van der Waals surface area (Å²) in [5, 5.41) is 3.23. The van der Waals surface area contributed by atoms with E-state index in [1.54, 1.807) is 6.07 Å². The standard InChI is InChI=1S/C14H18F3NO/c15-14(16,17)13-3-1-2-12(8-13)10-18-9-11-4-6-19-7-5-11/h1-3,8,11,18H,4-7,9-10H2. The SMILES string of the molecule is FC(F)(F)c1cccc(CNCC2CCOCC2)c1. The van der Waals surface area contributed by atoms with E-state index >= 15 is 0 Å². The van der Waals surface area contributed by atoms with Crippen molar-refractivity contribution in [3.8, 4) is 0 Å². The van der Waals surface area contributed by atoms with E-state index in [4.69, 9.17) is 4.74 Å². The fourth-order valence-electron chi connectivity index (χ4n) is 2.23. The van der Waals surface area contributed by atoms with Crippen molar-refractivity contribution in [2.45, 2.75) is 25.6 Å². The number of hydrogen-bond donors (Lipinski definition) is 1. The van der Waals surface area contributed by atoms with Gasteiger partial charge in [-0.05, 0) is 36.9 Å². The average Bonchev–Trinajstić information content (AvgIpc) is 2.39. The van der Waals surface area contributed by atoms with E-state index in [9.17, 15) is 13.2 Å². The van der Waals surface area contributed by atoms with Crippen LogP contribution >= 0.6 is 0 Å². The molecule has 0 amide bonds. The van der Waals surface area contributed by atoms with Crippen molar-refractivity contribution in [1.82, 2.24) is 5.32 Å². The van der Waals surface area contributed by atoms with Gasteiger partial charge in [-0.2, -0.15) is 13.2 Å². The lowest BCUT2D eigenvalue weighted by atomic mass is 10.0. The van der Waals surface area contributed by atoms with Crippen LogP contribution in [0.15, 0.2) is 24.3 Å². The third-order valence-electron chi connectivity index (χ3n) is 3.36. The molecule has 1 heterocycles.